The number of aliphatic hydroxyl groups excluding tert-OH is 1. The summed E-state index contributed by atoms with van der Waals surface area (Å²) in [4.78, 5) is 0. The maximum atomic E-state index is 9.19. The average Bonchev–Trinajstić information content (AvgIpc) is 2.45. The lowest BCUT2D eigenvalue weighted by Gasteiger charge is -2.20. The van der Waals surface area contributed by atoms with Crippen molar-refractivity contribution in [1.29, 1.82) is 0 Å². The van der Waals surface area contributed by atoms with Gasteiger partial charge in [-0.2, -0.15) is 0 Å². The Kier molecular flexibility index (Phi) is 3.29. The Bertz CT molecular complexity index is 360. The van der Waals surface area contributed by atoms with Crippen LogP contribution in [0.2, 0.25) is 0 Å². The van der Waals surface area contributed by atoms with Crippen molar-refractivity contribution >= 4 is 0 Å². The lowest BCUT2D eigenvalue weighted by Crippen LogP contribution is -2.20. The van der Waals surface area contributed by atoms with E-state index in [-0.39, 0.29) is 12.0 Å². The van der Waals surface area contributed by atoms with Gasteiger partial charge in [0.25, 0.3) is 0 Å². The van der Waals surface area contributed by atoms with Gasteiger partial charge in [0, 0.05) is 5.41 Å². The van der Waals surface area contributed by atoms with Crippen LogP contribution in [0.25, 0.3) is 0 Å². The number of hydrogen-bond donors (Lipinski definition) is 1. The summed E-state index contributed by atoms with van der Waals surface area (Å²) in [6.45, 7) is 12.6. The molecule has 0 spiro atoms. The molecule has 0 bridgehead atoms. The predicted octanol–water partition coefficient (Wildman–Crippen LogP) is 1.64. The van der Waals surface area contributed by atoms with Crippen LogP contribution in [-0.2, 0) is 18.6 Å². The van der Waals surface area contributed by atoms with Gasteiger partial charge in [-0.3, -0.25) is 0 Å². The third-order valence-electron chi connectivity index (χ3n) is 2.08. The Morgan fingerprint density at radius 2 is 2.07 bits per heavy atom. The minimum atomic E-state index is -0.0724. The molecule has 1 rings (SSSR count). The Labute approximate surface area is 90.6 Å². The maximum absolute atomic E-state index is 9.19. The van der Waals surface area contributed by atoms with Crippen LogP contribution in [0, 0.1) is 0 Å². The first kappa shape index (κ1) is 11.9. The van der Waals surface area contributed by atoms with Crippen molar-refractivity contribution in [3.05, 3.63) is 23.5 Å². The summed E-state index contributed by atoms with van der Waals surface area (Å²) < 4.78 is 1.81. The number of aliphatic hydroxyl groups is 1. The quantitative estimate of drug-likeness (QED) is 0.770. The molecule has 0 radical (unpaired) electrons. The second kappa shape index (κ2) is 4.14. The largest absolute Gasteiger partial charge is 0.390 e. The third-order valence-corrected chi connectivity index (χ3v) is 2.08. The molecule has 0 saturated carbocycles. The summed E-state index contributed by atoms with van der Waals surface area (Å²) in [6, 6.07) is 0. The highest BCUT2D eigenvalue weighted by Crippen LogP contribution is 2.24. The molecule has 1 heterocycles. The minimum absolute atomic E-state index is 0.0667. The van der Waals surface area contributed by atoms with E-state index in [0.717, 1.165) is 11.3 Å². The lowest BCUT2D eigenvalue weighted by molar-refractivity contribution is 0.273. The smallest absolute Gasteiger partial charge is 0.112 e. The van der Waals surface area contributed by atoms with Crippen LogP contribution in [0.4, 0.5) is 0 Å². The summed E-state index contributed by atoms with van der Waals surface area (Å²) in [6.07, 6.45) is 0. The molecule has 1 N–H and O–H groups in total. The molecule has 0 unspecified atom stereocenters. The second-order valence-corrected chi connectivity index (χ2v) is 4.91. The highest BCUT2D eigenvalue weighted by molar-refractivity contribution is 5.19. The molecule has 0 saturated heterocycles. The van der Waals surface area contributed by atoms with Gasteiger partial charge in [-0.1, -0.05) is 38.1 Å². The van der Waals surface area contributed by atoms with Crippen LogP contribution >= 0.6 is 0 Å². The minimum Gasteiger partial charge on any atom is -0.390 e. The van der Waals surface area contributed by atoms with Crippen molar-refractivity contribution in [1.82, 2.24) is 15.0 Å². The van der Waals surface area contributed by atoms with Crippen molar-refractivity contribution in [2.75, 3.05) is 0 Å². The number of nitrogens with zero attached hydrogens (tertiary/aromatic N) is 3. The Morgan fingerprint density at radius 1 is 1.47 bits per heavy atom. The first-order chi connectivity index (χ1) is 6.86. The maximum Gasteiger partial charge on any atom is 0.112 e. The van der Waals surface area contributed by atoms with Crippen molar-refractivity contribution in [3.8, 4) is 0 Å². The summed E-state index contributed by atoms with van der Waals surface area (Å²) in [7, 11) is 0. The Hall–Kier alpha value is -1.16. The van der Waals surface area contributed by atoms with Crippen LogP contribution in [0.5, 0.6) is 0 Å². The van der Waals surface area contributed by atoms with Crippen molar-refractivity contribution in [2.45, 2.75) is 46.3 Å². The topological polar surface area (TPSA) is 50.9 Å². The molecule has 0 aliphatic heterocycles. The van der Waals surface area contributed by atoms with Crippen LogP contribution < -0.4 is 0 Å². The highest BCUT2D eigenvalue weighted by atomic mass is 16.3. The zero-order chi connectivity index (χ0) is 11.6. The summed E-state index contributed by atoms with van der Waals surface area (Å²) in [5, 5.41) is 17.2. The lowest BCUT2D eigenvalue weighted by atomic mass is 9.90. The molecule has 0 aliphatic carbocycles. The molecule has 15 heavy (non-hydrogen) atoms. The van der Waals surface area contributed by atoms with E-state index in [9.17, 15) is 5.11 Å². The van der Waals surface area contributed by atoms with Gasteiger partial charge in [-0.15, -0.1) is 5.10 Å². The molecule has 4 nitrogen and oxygen atoms in total. The highest BCUT2D eigenvalue weighted by Gasteiger charge is 2.24. The molecular formula is C11H19N3O. The summed E-state index contributed by atoms with van der Waals surface area (Å²) in [5.74, 6) is 0. The fourth-order valence-corrected chi connectivity index (χ4v) is 1.64. The van der Waals surface area contributed by atoms with Gasteiger partial charge >= 0.3 is 0 Å². The van der Waals surface area contributed by atoms with Crippen molar-refractivity contribution in [2.24, 2.45) is 0 Å². The van der Waals surface area contributed by atoms with Crippen LogP contribution in [0.15, 0.2) is 12.2 Å². The Morgan fingerprint density at radius 3 is 2.47 bits per heavy atom. The first-order valence-electron chi connectivity index (χ1n) is 5.04. The van der Waals surface area contributed by atoms with Gasteiger partial charge in [0.1, 0.15) is 5.69 Å². The number of allylic oxidation sites excluding steroid dienone is 1. The van der Waals surface area contributed by atoms with E-state index in [4.69, 9.17) is 0 Å². The van der Waals surface area contributed by atoms with Gasteiger partial charge in [-0.25, -0.2) is 4.68 Å². The number of hydrogen-bond acceptors (Lipinski definition) is 3. The molecule has 1 aromatic rings. The fraction of sp³-hybridized carbons (Fsp3) is 0.636. The standard InChI is InChI=1S/C11H19N3O/c1-8(2)6-14-10(11(3,4)5)9(7-15)12-13-14/h15H,1,6-7H2,2-5H3. The van der Waals surface area contributed by atoms with E-state index in [1.165, 1.54) is 0 Å². The van der Waals surface area contributed by atoms with Gasteiger partial charge in [-0.05, 0) is 6.92 Å². The number of aromatic nitrogens is 3. The van der Waals surface area contributed by atoms with E-state index in [2.05, 4.69) is 37.7 Å². The van der Waals surface area contributed by atoms with E-state index < -0.39 is 0 Å². The van der Waals surface area contributed by atoms with Gasteiger partial charge in [0.05, 0.1) is 18.8 Å². The van der Waals surface area contributed by atoms with Gasteiger partial charge in [0.2, 0.25) is 0 Å². The summed E-state index contributed by atoms with van der Waals surface area (Å²) >= 11 is 0. The monoisotopic (exact) mass is 209 g/mol. The van der Waals surface area contributed by atoms with Crippen LogP contribution in [0.1, 0.15) is 39.1 Å². The first-order valence-corrected chi connectivity index (χ1v) is 5.04. The third kappa shape index (κ3) is 2.65. The SMILES string of the molecule is C=C(C)Cn1nnc(CO)c1C(C)(C)C. The van der Waals surface area contributed by atoms with Crippen molar-refractivity contribution < 1.29 is 5.11 Å². The van der Waals surface area contributed by atoms with Crippen LogP contribution in [0.3, 0.4) is 0 Å². The molecule has 0 atom stereocenters. The molecule has 84 valence electrons. The zero-order valence-electron chi connectivity index (χ0n) is 9.91. The molecule has 4 heteroatoms. The van der Waals surface area contributed by atoms with E-state index in [1.54, 1.807) is 0 Å². The summed E-state index contributed by atoms with van der Waals surface area (Å²) in [5.41, 5.74) is 2.59. The molecule has 0 aliphatic rings. The van der Waals surface area contributed by atoms with Crippen LogP contribution in [-0.4, -0.2) is 20.1 Å². The zero-order valence-corrected chi connectivity index (χ0v) is 9.91. The van der Waals surface area contributed by atoms with E-state index >= 15 is 0 Å². The second-order valence-electron chi connectivity index (χ2n) is 4.91. The average molecular weight is 209 g/mol. The van der Waals surface area contributed by atoms with E-state index in [0.29, 0.717) is 12.2 Å². The Balaban J connectivity index is 3.17. The van der Waals surface area contributed by atoms with Gasteiger partial charge < -0.3 is 5.11 Å². The molecule has 0 aromatic carbocycles. The number of rotatable bonds is 3. The fourth-order valence-electron chi connectivity index (χ4n) is 1.64. The van der Waals surface area contributed by atoms with Gasteiger partial charge in [0.15, 0.2) is 0 Å². The predicted molar refractivity (Wildman–Crippen MR) is 59.5 cm³/mol. The molecule has 1 aromatic heterocycles. The van der Waals surface area contributed by atoms with E-state index in [1.807, 2.05) is 11.6 Å². The molecular weight excluding hydrogens is 190 g/mol. The molecule has 0 amide bonds. The normalized spacial score (nSPS) is 11.8. The van der Waals surface area contributed by atoms with Crippen molar-refractivity contribution in [3.63, 3.8) is 0 Å². The molecule has 0 fully saturated rings.